The zero-order chi connectivity index (χ0) is 11.7. The third kappa shape index (κ3) is 2.04. The first-order chi connectivity index (χ1) is 7.61. The maximum absolute atomic E-state index is 12.1. The summed E-state index contributed by atoms with van der Waals surface area (Å²) in [5.41, 5.74) is 0. The van der Waals surface area contributed by atoms with E-state index in [4.69, 9.17) is 5.11 Å². The first-order valence-corrected chi connectivity index (χ1v) is 5.88. The van der Waals surface area contributed by atoms with Gasteiger partial charge in [-0.3, -0.25) is 9.59 Å². The van der Waals surface area contributed by atoms with Gasteiger partial charge in [0.2, 0.25) is 5.91 Å². The number of aliphatic carboxylic acids is 1. The van der Waals surface area contributed by atoms with Gasteiger partial charge < -0.3 is 15.3 Å². The Labute approximate surface area is 94.8 Å². The van der Waals surface area contributed by atoms with Crippen LogP contribution in [0.5, 0.6) is 0 Å². The van der Waals surface area contributed by atoms with Crippen LogP contribution in [0, 0.1) is 5.92 Å². The molecular formula is C11H18N2O3. The molecule has 0 aliphatic carbocycles. The van der Waals surface area contributed by atoms with Crippen molar-refractivity contribution in [3.8, 4) is 0 Å². The van der Waals surface area contributed by atoms with Gasteiger partial charge in [0, 0.05) is 18.6 Å². The number of nitrogens with one attached hydrogen (secondary N) is 1. The molecule has 0 spiro atoms. The van der Waals surface area contributed by atoms with E-state index in [0.717, 1.165) is 19.3 Å². The van der Waals surface area contributed by atoms with E-state index in [9.17, 15) is 9.59 Å². The smallest absolute Gasteiger partial charge is 0.323 e. The van der Waals surface area contributed by atoms with E-state index in [1.807, 2.05) is 6.92 Å². The number of nitrogens with zero attached hydrogens (tertiary/aromatic N) is 1. The van der Waals surface area contributed by atoms with Crippen LogP contribution < -0.4 is 5.32 Å². The van der Waals surface area contributed by atoms with Crippen molar-refractivity contribution < 1.29 is 14.7 Å². The van der Waals surface area contributed by atoms with E-state index in [1.54, 1.807) is 0 Å². The average molecular weight is 226 g/mol. The number of rotatable bonds is 4. The number of carboxylic acids is 1. The summed E-state index contributed by atoms with van der Waals surface area (Å²) < 4.78 is 0. The summed E-state index contributed by atoms with van der Waals surface area (Å²) >= 11 is 0. The van der Waals surface area contributed by atoms with Crippen molar-refractivity contribution in [2.45, 2.75) is 38.3 Å². The van der Waals surface area contributed by atoms with Gasteiger partial charge in [-0.2, -0.15) is 0 Å². The van der Waals surface area contributed by atoms with Crippen LogP contribution in [0.3, 0.4) is 0 Å². The number of carbonyl (C=O) groups is 2. The Hall–Kier alpha value is -1.10. The first-order valence-electron chi connectivity index (χ1n) is 5.88. The second kappa shape index (κ2) is 4.41. The quantitative estimate of drug-likeness (QED) is 0.711. The molecular weight excluding hydrogens is 208 g/mol. The highest BCUT2D eigenvalue weighted by atomic mass is 16.4. The minimum Gasteiger partial charge on any atom is -0.480 e. The van der Waals surface area contributed by atoms with Crippen LogP contribution in [0.1, 0.15) is 26.2 Å². The lowest BCUT2D eigenvalue weighted by molar-refractivity contribution is -0.146. The van der Waals surface area contributed by atoms with Crippen LogP contribution in [0.4, 0.5) is 0 Å². The van der Waals surface area contributed by atoms with Crippen LogP contribution >= 0.6 is 0 Å². The highest BCUT2D eigenvalue weighted by Gasteiger charge is 2.44. The van der Waals surface area contributed by atoms with Crippen LogP contribution in [-0.4, -0.2) is 47.1 Å². The molecule has 2 heterocycles. The summed E-state index contributed by atoms with van der Waals surface area (Å²) in [6.45, 7) is 2.11. The summed E-state index contributed by atoms with van der Waals surface area (Å²) in [5, 5.41) is 12.1. The van der Waals surface area contributed by atoms with Crippen molar-refractivity contribution in [3.63, 3.8) is 0 Å². The predicted molar refractivity (Wildman–Crippen MR) is 57.9 cm³/mol. The first kappa shape index (κ1) is 11.4. The van der Waals surface area contributed by atoms with Gasteiger partial charge in [-0.15, -0.1) is 0 Å². The molecule has 0 aromatic rings. The molecule has 5 heteroatoms. The molecule has 0 aromatic carbocycles. The van der Waals surface area contributed by atoms with Gasteiger partial charge in [0.05, 0.1) is 5.92 Å². The van der Waals surface area contributed by atoms with E-state index >= 15 is 0 Å². The second-order valence-corrected chi connectivity index (χ2v) is 4.64. The van der Waals surface area contributed by atoms with E-state index < -0.39 is 5.97 Å². The second-order valence-electron chi connectivity index (χ2n) is 4.64. The molecule has 0 aromatic heterocycles. The monoisotopic (exact) mass is 226 g/mol. The van der Waals surface area contributed by atoms with Gasteiger partial charge in [-0.25, -0.2) is 0 Å². The molecule has 1 amide bonds. The number of likely N-dealkylation sites (N-methyl/N-ethyl adjacent to an activating group) is 1. The van der Waals surface area contributed by atoms with Crippen LogP contribution in [0.2, 0.25) is 0 Å². The maximum atomic E-state index is 12.1. The number of fused-ring (bicyclic) bond motifs is 2. The average Bonchev–Trinajstić information content (AvgIpc) is 2.86. The third-order valence-corrected chi connectivity index (χ3v) is 3.64. The van der Waals surface area contributed by atoms with E-state index in [2.05, 4.69) is 5.32 Å². The molecule has 2 saturated heterocycles. The zero-order valence-electron chi connectivity index (χ0n) is 9.48. The highest BCUT2D eigenvalue weighted by molar-refractivity contribution is 5.84. The van der Waals surface area contributed by atoms with E-state index in [-0.39, 0.29) is 24.4 Å². The molecule has 90 valence electrons. The van der Waals surface area contributed by atoms with Crippen molar-refractivity contribution in [1.82, 2.24) is 10.2 Å². The lowest BCUT2D eigenvalue weighted by Crippen LogP contribution is -2.43. The Morgan fingerprint density at radius 2 is 2.19 bits per heavy atom. The molecule has 16 heavy (non-hydrogen) atoms. The predicted octanol–water partition coefficient (Wildman–Crippen LogP) is 0.0600. The standard InChI is InChI=1S/C11H18N2O3/c1-2-13(6-10(14)15)11(16)8-5-7-3-4-9(8)12-7/h7-9,12H,2-6H2,1H3,(H,14,15). The van der Waals surface area contributed by atoms with Gasteiger partial charge in [0.25, 0.3) is 0 Å². The van der Waals surface area contributed by atoms with Crippen molar-refractivity contribution >= 4 is 11.9 Å². The summed E-state index contributed by atoms with van der Waals surface area (Å²) in [5.74, 6) is -0.936. The summed E-state index contributed by atoms with van der Waals surface area (Å²) in [4.78, 5) is 24.2. The van der Waals surface area contributed by atoms with Gasteiger partial charge in [0.15, 0.2) is 0 Å². The molecule has 2 aliphatic heterocycles. The molecule has 0 radical (unpaired) electrons. The van der Waals surface area contributed by atoms with Crippen molar-refractivity contribution in [1.29, 1.82) is 0 Å². The third-order valence-electron chi connectivity index (χ3n) is 3.64. The number of amides is 1. The van der Waals surface area contributed by atoms with Crippen LogP contribution in [0.25, 0.3) is 0 Å². The largest absolute Gasteiger partial charge is 0.480 e. The topological polar surface area (TPSA) is 69.6 Å². The Balaban J connectivity index is 1.97. The van der Waals surface area contributed by atoms with Gasteiger partial charge in [0.1, 0.15) is 6.54 Å². The summed E-state index contributed by atoms with van der Waals surface area (Å²) in [7, 11) is 0. The fourth-order valence-corrected chi connectivity index (χ4v) is 2.84. The summed E-state index contributed by atoms with van der Waals surface area (Å²) in [6.07, 6.45) is 3.07. The summed E-state index contributed by atoms with van der Waals surface area (Å²) in [6, 6.07) is 0.753. The molecule has 0 saturated carbocycles. The molecule has 2 bridgehead atoms. The Bertz CT molecular complexity index is 306. The zero-order valence-corrected chi connectivity index (χ0v) is 9.48. The minimum atomic E-state index is -0.939. The number of hydrogen-bond acceptors (Lipinski definition) is 3. The lowest BCUT2D eigenvalue weighted by Gasteiger charge is -2.26. The maximum Gasteiger partial charge on any atom is 0.323 e. The number of carboxylic acid groups (broad SMARTS) is 1. The molecule has 2 fully saturated rings. The highest BCUT2D eigenvalue weighted by Crippen LogP contribution is 2.34. The van der Waals surface area contributed by atoms with E-state index in [0.29, 0.717) is 12.6 Å². The molecule has 5 nitrogen and oxygen atoms in total. The molecule has 2 rings (SSSR count). The Kier molecular flexibility index (Phi) is 3.14. The van der Waals surface area contributed by atoms with E-state index in [1.165, 1.54) is 4.90 Å². The number of carbonyl (C=O) groups excluding carboxylic acids is 1. The van der Waals surface area contributed by atoms with Gasteiger partial charge in [-0.1, -0.05) is 0 Å². The van der Waals surface area contributed by atoms with Crippen LogP contribution in [-0.2, 0) is 9.59 Å². The van der Waals surface area contributed by atoms with Gasteiger partial charge in [-0.05, 0) is 26.2 Å². The normalized spacial score (nSPS) is 31.7. The fraction of sp³-hybridized carbons (Fsp3) is 0.818. The fourth-order valence-electron chi connectivity index (χ4n) is 2.84. The molecule has 3 unspecified atom stereocenters. The molecule has 2 aliphatic rings. The SMILES string of the molecule is CCN(CC(=O)O)C(=O)C1CC2CCC1N2. The van der Waals surface area contributed by atoms with Crippen molar-refractivity contribution in [2.75, 3.05) is 13.1 Å². The molecule has 3 atom stereocenters. The van der Waals surface area contributed by atoms with Crippen molar-refractivity contribution in [2.24, 2.45) is 5.92 Å². The van der Waals surface area contributed by atoms with Crippen LogP contribution in [0.15, 0.2) is 0 Å². The molecule has 2 N–H and O–H groups in total. The Morgan fingerprint density at radius 3 is 2.62 bits per heavy atom. The Morgan fingerprint density at radius 1 is 1.44 bits per heavy atom. The van der Waals surface area contributed by atoms with Gasteiger partial charge >= 0.3 is 5.97 Å². The number of hydrogen-bond donors (Lipinski definition) is 2. The van der Waals surface area contributed by atoms with Crippen molar-refractivity contribution in [3.05, 3.63) is 0 Å². The minimum absolute atomic E-state index is 0.00181. The lowest BCUT2D eigenvalue weighted by atomic mass is 9.88.